The topological polar surface area (TPSA) is 101 Å². The van der Waals surface area contributed by atoms with E-state index in [2.05, 4.69) is 20.6 Å². The van der Waals surface area contributed by atoms with Crippen molar-refractivity contribution >= 4 is 29.6 Å². The van der Waals surface area contributed by atoms with Crippen LogP contribution in [0.2, 0.25) is 0 Å². The van der Waals surface area contributed by atoms with Gasteiger partial charge in [0.05, 0.1) is 23.3 Å². The Balaban J connectivity index is 1.65. The Morgan fingerprint density at radius 2 is 1.88 bits per heavy atom. The highest BCUT2D eigenvalue weighted by Gasteiger charge is 2.31. The van der Waals surface area contributed by atoms with Crippen LogP contribution in [0.25, 0.3) is 0 Å². The Labute approximate surface area is 230 Å². The van der Waals surface area contributed by atoms with E-state index in [-0.39, 0.29) is 23.7 Å². The standard InChI is InChI=1S/C28H31F3N6O3/c1-16-9-10-21(34-25(38)19-7-6-8-20(11-19)28(29,30)31)12-23(16)40-26-22(13-32-4)24(33-5)35-27(36-26)37-14-17(2)39-18(3)15-37/h6-13,17-18H,14-15H2,1-5H3,(H,34,38)(H,33,35,36). The summed E-state index contributed by atoms with van der Waals surface area (Å²) in [5.41, 5.74) is 0.597. The second kappa shape index (κ2) is 11.9. The smallest absolute Gasteiger partial charge is 0.416 e. The van der Waals surface area contributed by atoms with Crippen LogP contribution in [0.1, 0.15) is 40.9 Å². The van der Waals surface area contributed by atoms with Crippen LogP contribution in [0.3, 0.4) is 0 Å². The van der Waals surface area contributed by atoms with Crippen LogP contribution in [-0.2, 0) is 10.9 Å². The number of halogens is 3. The third-order valence-corrected chi connectivity index (χ3v) is 6.20. The molecule has 9 nitrogen and oxygen atoms in total. The monoisotopic (exact) mass is 556 g/mol. The average molecular weight is 557 g/mol. The number of nitrogens with one attached hydrogen (secondary N) is 2. The second-order valence-electron chi connectivity index (χ2n) is 9.51. The summed E-state index contributed by atoms with van der Waals surface area (Å²) in [4.78, 5) is 28.3. The highest BCUT2D eigenvalue weighted by Crippen LogP contribution is 2.34. The molecular formula is C28H31F3N6O3. The molecule has 1 fully saturated rings. The number of hydrogen-bond acceptors (Lipinski definition) is 8. The molecule has 1 aromatic heterocycles. The summed E-state index contributed by atoms with van der Waals surface area (Å²) < 4.78 is 51.4. The summed E-state index contributed by atoms with van der Waals surface area (Å²) in [6.45, 7) is 7.00. The molecule has 2 aromatic carbocycles. The van der Waals surface area contributed by atoms with Gasteiger partial charge in [-0.1, -0.05) is 12.1 Å². The van der Waals surface area contributed by atoms with Gasteiger partial charge in [-0.15, -0.1) is 0 Å². The molecule has 1 saturated heterocycles. The predicted octanol–water partition coefficient (Wildman–Crippen LogP) is 5.55. The van der Waals surface area contributed by atoms with E-state index in [1.165, 1.54) is 12.1 Å². The predicted molar refractivity (Wildman–Crippen MR) is 148 cm³/mol. The Bertz CT molecular complexity index is 1400. The van der Waals surface area contributed by atoms with Gasteiger partial charge >= 0.3 is 6.18 Å². The highest BCUT2D eigenvalue weighted by atomic mass is 19.4. The van der Waals surface area contributed by atoms with Crippen LogP contribution in [-0.4, -0.2) is 61.5 Å². The summed E-state index contributed by atoms with van der Waals surface area (Å²) in [5.74, 6) is 0.932. The van der Waals surface area contributed by atoms with Crippen molar-refractivity contribution in [1.82, 2.24) is 9.97 Å². The Morgan fingerprint density at radius 3 is 2.52 bits per heavy atom. The van der Waals surface area contributed by atoms with Crippen LogP contribution >= 0.6 is 0 Å². The zero-order chi connectivity index (χ0) is 29.0. The molecule has 3 aromatic rings. The van der Waals surface area contributed by atoms with Gasteiger partial charge in [-0.2, -0.15) is 23.1 Å². The Morgan fingerprint density at radius 1 is 1.15 bits per heavy atom. The molecule has 4 rings (SSSR count). The lowest BCUT2D eigenvalue weighted by Crippen LogP contribution is -2.46. The van der Waals surface area contributed by atoms with Crippen molar-refractivity contribution in [3.05, 3.63) is 64.7 Å². The normalized spacial score (nSPS) is 17.6. The maximum Gasteiger partial charge on any atom is 0.416 e. The van der Waals surface area contributed by atoms with E-state index >= 15 is 0 Å². The fourth-order valence-corrected chi connectivity index (χ4v) is 4.37. The third kappa shape index (κ3) is 6.68. The van der Waals surface area contributed by atoms with Gasteiger partial charge in [0, 0.05) is 50.7 Å². The maximum atomic E-state index is 13.1. The zero-order valence-corrected chi connectivity index (χ0v) is 22.8. The lowest BCUT2D eigenvalue weighted by atomic mass is 10.1. The number of ether oxygens (including phenoxy) is 2. The highest BCUT2D eigenvalue weighted by molar-refractivity contribution is 6.04. The first-order chi connectivity index (χ1) is 19.0. The van der Waals surface area contributed by atoms with Gasteiger partial charge in [0.15, 0.2) is 0 Å². The SMILES string of the molecule is CN=Cc1c(NC)nc(N2CC(C)OC(C)C2)nc1Oc1cc(NC(=O)c2cccc(C(F)(F)F)c2)ccc1C. The Hall–Kier alpha value is -4.19. The van der Waals surface area contributed by atoms with Crippen molar-refractivity contribution < 1.29 is 27.4 Å². The van der Waals surface area contributed by atoms with Crippen molar-refractivity contribution in [3.8, 4) is 11.6 Å². The molecule has 40 heavy (non-hydrogen) atoms. The summed E-state index contributed by atoms with van der Waals surface area (Å²) in [5, 5.41) is 5.72. The molecular weight excluding hydrogens is 525 g/mol. The van der Waals surface area contributed by atoms with E-state index in [0.717, 1.165) is 17.7 Å². The van der Waals surface area contributed by atoms with Gasteiger partial charge in [-0.25, -0.2) is 0 Å². The van der Waals surface area contributed by atoms with Gasteiger partial charge < -0.3 is 25.0 Å². The van der Waals surface area contributed by atoms with Crippen LogP contribution < -0.4 is 20.3 Å². The molecule has 0 saturated carbocycles. The van der Waals surface area contributed by atoms with Crippen molar-refractivity contribution in [1.29, 1.82) is 0 Å². The minimum Gasteiger partial charge on any atom is -0.438 e. The van der Waals surface area contributed by atoms with E-state index in [0.29, 0.717) is 41.9 Å². The van der Waals surface area contributed by atoms with E-state index in [1.54, 1.807) is 38.5 Å². The molecule has 2 N–H and O–H groups in total. The number of amides is 1. The minimum absolute atomic E-state index is 0.00834. The van der Waals surface area contributed by atoms with Crippen LogP contribution in [0.15, 0.2) is 47.5 Å². The number of benzene rings is 2. The number of morpholine rings is 1. The molecule has 212 valence electrons. The number of aryl methyl sites for hydroxylation is 1. The van der Waals surface area contributed by atoms with Gasteiger partial charge in [0.1, 0.15) is 11.6 Å². The fraction of sp³-hybridized carbons (Fsp3) is 0.357. The van der Waals surface area contributed by atoms with Crippen molar-refractivity contribution in [3.63, 3.8) is 0 Å². The van der Waals surface area contributed by atoms with Gasteiger partial charge in [-0.3, -0.25) is 9.79 Å². The number of alkyl halides is 3. The minimum atomic E-state index is -4.56. The maximum absolute atomic E-state index is 13.1. The van der Waals surface area contributed by atoms with E-state index in [1.807, 2.05) is 25.7 Å². The Kier molecular flexibility index (Phi) is 8.58. The molecule has 0 spiro atoms. The van der Waals surface area contributed by atoms with Crippen molar-refractivity contribution in [2.45, 2.75) is 39.2 Å². The second-order valence-corrected chi connectivity index (χ2v) is 9.51. The molecule has 2 heterocycles. The fourth-order valence-electron chi connectivity index (χ4n) is 4.37. The first kappa shape index (κ1) is 28.8. The number of hydrogen-bond donors (Lipinski definition) is 2. The molecule has 1 aliphatic heterocycles. The molecule has 0 aliphatic carbocycles. The number of carbonyl (C=O) groups is 1. The lowest BCUT2D eigenvalue weighted by Gasteiger charge is -2.35. The van der Waals surface area contributed by atoms with Gasteiger partial charge in [0.25, 0.3) is 5.91 Å². The number of aromatic nitrogens is 2. The number of aliphatic imine (C=N–C) groups is 1. The molecule has 2 unspecified atom stereocenters. The summed E-state index contributed by atoms with van der Waals surface area (Å²) in [7, 11) is 3.36. The van der Waals surface area contributed by atoms with E-state index in [4.69, 9.17) is 14.5 Å². The molecule has 0 radical (unpaired) electrons. The summed E-state index contributed by atoms with van der Waals surface area (Å²) in [6.07, 6.45) is -2.98. The van der Waals surface area contributed by atoms with Gasteiger partial charge in [0.2, 0.25) is 11.8 Å². The van der Waals surface area contributed by atoms with E-state index in [9.17, 15) is 18.0 Å². The number of rotatable bonds is 7. The average Bonchev–Trinajstić information content (AvgIpc) is 2.90. The quantitative estimate of drug-likeness (QED) is 0.368. The van der Waals surface area contributed by atoms with Crippen molar-refractivity contribution in [2.75, 3.05) is 42.7 Å². The molecule has 1 aliphatic rings. The first-order valence-corrected chi connectivity index (χ1v) is 12.7. The number of nitrogens with zero attached hydrogens (tertiary/aromatic N) is 4. The molecule has 2 atom stereocenters. The summed E-state index contributed by atoms with van der Waals surface area (Å²) >= 11 is 0. The molecule has 12 heteroatoms. The van der Waals surface area contributed by atoms with Gasteiger partial charge in [-0.05, 0) is 50.6 Å². The first-order valence-electron chi connectivity index (χ1n) is 12.7. The lowest BCUT2D eigenvalue weighted by molar-refractivity contribution is -0.137. The zero-order valence-electron chi connectivity index (χ0n) is 22.8. The number of carbonyl (C=O) groups excluding carboxylic acids is 1. The molecule has 0 bridgehead atoms. The van der Waals surface area contributed by atoms with Crippen LogP contribution in [0.4, 0.5) is 30.6 Å². The number of anilines is 3. The largest absolute Gasteiger partial charge is 0.438 e. The van der Waals surface area contributed by atoms with Crippen LogP contribution in [0, 0.1) is 6.92 Å². The third-order valence-electron chi connectivity index (χ3n) is 6.20. The van der Waals surface area contributed by atoms with E-state index < -0.39 is 17.6 Å². The summed E-state index contributed by atoms with van der Waals surface area (Å²) in [6, 6.07) is 9.21. The molecule has 1 amide bonds. The van der Waals surface area contributed by atoms with Crippen LogP contribution in [0.5, 0.6) is 11.6 Å². The van der Waals surface area contributed by atoms with Crippen molar-refractivity contribution in [2.24, 2.45) is 4.99 Å².